The minimum atomic E-state index is -0.0342. The Hall–Kier alpha value is -2.04. The Morgan fingerprint density at radius 2 is 2.22 bits per heavy atom. The number of nitrogens with zero attached hydrogens (tertiary/aromatic N) is 2. The van der Waals surface area contributed by atoms with Crippen molar-refractivity contribution in [3.8, 4) is 0 Å². The number of anilines is 1. The maximum Gasteiger partial charge on any atom is 0.239 e. The van der Waals surface area contributed by atoms with Crippen LogP contribution in [-0.2, 0) is 11.3 Å². The summed E-state index contributed by atoms with van der Waals surface area (Å²) in [5, 5.41) is 2.63. The van der Waals surface area contributed by atoms with Gasteiger partial charge < -0.3 is 15.6 Å². The standard InChI is InChI=1S/C13H18N4O/c1-8(2)13-16-10-6-9(14)4-5-11(10)17(13)7-12(18)15-3/h4-6,8H,7,14H2,1-3H3,(H,15,18). The highest BCUT2D eigenvalue weighted by atomic mass is 16.1. The molecule has 0 aliphatic heterocycles. The number of imidazole rings is 1. The van der Waals surface area contributed by atoms with Crippen LogP contribution in [0.1, 0.15) is 25.6 Å². The highest BCUT2D eigenvalue weighted by Gasteiger charge is 2.15. The number of benzene rings is 1. The molecule has 3 N–H and O–H groups in total. The third-order valence-electron chi connectivity index (χ3n) is 2.90. The third-order valence-corrected chi connectivity index (χ3v) is 2.90. The zero-order valence-electron chi connectivity index (χ0n) is 10.9. The molecule has 0 fully saturated rings. The van der Waals surface area contributed by atoms with E-state index in [9.17, 15) is 4.79 Å². The lowest BCUT2D eigenvalue weighted by molar-refractivity contribution is -0.121. The second-order valence-corrected chi connectivity index (χ2v) is 4.63. The van der Waals surface area contributed by atoms with Crippen LogP contribution in [0, 0.1) is 0 Å². The molecule has 1 amide bonds. The molecule has 96 valence electrons. The molecule has 5 nitrogen and oxygen atoms in total. The van der Waals surface area contributed by atoms with Gasteiger partial charge >= 0.3 is 0 Å². The van der Waals surface area contributed by atoms with Crippen LogP contribution < -0.4 is 11.1 Å². The van der Waals surface area contributed by atoms with Crippen LogP contribution in [0.3, 0.4) is 0 Å². The minimum absolute atomic E-state index is 0.0342. The van der Waals surface area contributed by atoms with E-state index < -0.39 is 0 Å². The summed E-state index contributed by atoms with van der Waals surface area (Å²) in [6.07, 6.45) is 0. The average Bonchev–Trinajstić information content (AvgIpc) is 2.67. The summed E-state index contributed by atoms with van der Waals surface area (Å²) in [4.78, 5) is 16.1. The summed E-state index contributed by atoms with van der Waals surface area (Å²) in [5.74, 6) is 1.12. The second-order valence-electron chi connectivity index (χ2n) is 4.63. The van der Waals surface area contributed by atoms with Gasteiger partial charge in [-0.3, -0.25) is 4.79 Å². The number of amides is 1. The Labute approximate surface area is 106 Å². The van der Waals surface area contributed by atoms with Gasteiger partial charge in [-0.2, -0.15) is 0 Å². The molecule has 1 heterocycles. The van der Waals surface area contributed by atoms with E-state index in [1.54, 1.807) is 7.05 Å². The topological polar surface area (TPSA) is 72.9 Å². The van der Waals surface area contributed by atoms with Crippen molar-refractivity contribution in [1.82, 2.24) is 14.9 Å². The number of aromatic nitrogens is 2. The number of fused-ring (bicyclic) bond motifs is 1. The van der Waals surface area contributed by atoms with E-state index in [2.05, 4.69) is 24.1 Å². The normalized spacial score (nSPS) is 11.1. The number of rotatable bonds is 3. The van der Waals surface area contributed by atoms with Crippen molar-refractivity contribution >= 4 is 22.6 Å². The van der Waals surface area contributed by atoms with E-state index in [0.717, 1.165) is 16.9 Å². The number of nitrogens with two attached hydrogens (primary N) is 1. The van der Waals surface area contributed by atoms with Gasteiger partial charge in [0.2, 0.25) is 5.91 Å². The quantitative estimate of drug-likeness (QED) is 0.806. The number of likely N-dealkylation sites (N-methyl/N-ethyl adjacent to an activating group) is 1. The van der Waals surface area contributed by atoms with Gasteiger partial charge in [-0.25, -0.2) is 4.98 Å². The summed E-state index contributed by atoms with van der Waals surface area (Å²) in [5.41, 5.74) is 8.22. The molecule has 0 saturated carbocycles. The molecule has 0 aliphatic rings. The van der Waals surface area contributed by atoms with Gasteiger partial charge in [0.15, 0.2) is 0 Å². The van der Waals surface area contributed by atoms with E-state index in [-0.39, 0.29) is 18.4 Å². The lowest BCUT2D eigenvalue weighted by Gasteiger charge is -2.10. The molecule has 0 atom stereocenters. The number of nitrogen functional groups attached to an aromatic ring is 1. The molecule has 0 aliphatic carbocycles. The van der Waals surface area contributed by atoms with Gasteiger partial charge in [0.1, 0.15) is 12.4 Å². The molecule has 2 rings (SSSR count). The average molecular weight is 246 g/mol. The highest BCUT2D eigenvalue weighted by Crippen LogP contribution is 2.23. The number of carbonyl (C=O) groups excluding carboxylic acids is 1. The van der Waals surface area contributed by atoms with E-state index in [1.807, 2.05) is 22.8 Å². The number of hydrogen-bond acceptors (Lipinski definition) is 3. The van der Waals surface area contributed by atoms with Gasteiger partial charge in [-0.15, -0.1) is 0 Å². The maximum atomic E-state index is 11.6. The van der Waals surface area contributed by atoms with E-state index in [0.29, 0.717) is 5.69 Å². The fourth-order valence-electron chi connectivity index (χ4n) is 2.00. The summed E-state index contributed by atoms with van der Waals surface area (Å²) in [6, 6.07) is 5.57. The molecule has 0 unspecified atom stereocenters. The molecular formula is C13H18N4O. The SMILES string of the molecule is CNC(=O)Cn1c(C(C)C)nc2cc(N)ccc21. The van der Waals surface area contributed by atoms with Gasteiger partial charge in [-0.1, -0.05) is 13.8 Å². The van der Waals surface area contributed by atoms with Crippen molar-refractivity contribution in [2.75, 3.05) is 12.8 Å². The lowest BCUT2D eigenvalue weighted by Crippen LogP contribution is -2.24. The number of carbonyl (C=O) groups is 1. The van der Waals surface area contributed by atoms with Crippen molar-refractivity contribution in [3.63, 3.8) is 0 Å². The van der Waals surface area contributed by atoms with Crippen molar-refractivity contribution in [3.05, 3.63) is 24.0 Å². The van der Waals surface area contributed by atoms with Crippen molar-refractivity contribution in [2.45, 2.75) is 26.3 Å². The summed E-state index contributed by atoms with van der Waals surface area (Å²) < 4.78 is 1.94. The Morgan fingerprint density at radius 1 is 1.50 bits per heavy atom. The molecule has 1 aromatic carbocycles. The van der Waals surface area contributed by atoms with Gasteiger partial charge in [0, 0.05) is 18.7 Å². The smallest absolute Gasteiger partial charge is 0.239 e. The molecule has 1 aromatic heterocycles. The highest BCUT2D eigenvalue weighted by molar-refractivity contribution is 5.83. The van der Waals surface area contributed by atoms with Crippen LogP contribution >= 0.6 is 0 Å². The fraction of sp³-hybridized carbons (Fsp3) is 0.385. The summed E-state index contributed by atoms with van der Waals surface area (Å²) in [6.45, 7) is 4.40. The van der Waals surface area contributed by atoms with Crippen LogP contribution in [0.4, 0.5) is 5.69 Å². The van der Waals surface area contributed by atoms with Crippen molar-refractivity contribution < 1.29 is 4.79 Å². The zero-order valence-corrected chi connectivity index (χ0v) is 10.9. The predicted molar refractivity (Wildman–Crippen MR) is 72.3 cm³/mol. The van der Waals surface area contributed by atoms with Crippen LogP contribution in [-0.4, -0.2) is 22.5 Å². The predicted octanol–water partition coefficient (Wildman–Crippen LogP) is 1.49. The second kappa shape index (κ2) is 4.68. The first-order valence-corrected chi connectivity index (χ1v) is 5.99. The molecule has 5 heteroatoms. The van der Waals surface area contributed by atoms with E-state index >= 15 is 0 Å². The van der Waals surface area contributed by atoms with Crippen LogP contribution in [0.5, 0.6) is 0 Å². The number of nitrogens with one attached hydrogen (secondary N) is 1. The van der Waals surface area contributed by atoms with Crippen LogP contribution in [0.2, 0.25) is 0 Å². The molecule has 18 heavy (non-hydrogen) atoms. The first-order chi connectivity index (χ1) is 8.52. The Morgan fingerprint density at radius 3 is 2.83 bits per heavy atom. The monoisotopic (exact) mass is 246 g/mol. The zero-order chi connectivity index (χ0) is 13.3. The van der Waals surface area contributed by atoms with Crippen LogP contribution in [0.25, 0.3) is 11.0 Å². The Bertz CT molecular complexity index is 586. The maximum absolute atomic E-state index is 11.6. The molecule has 2 aromatic rings. The van der Waals surface area contributed by atoms with E-state index in [4.69, 9.17) is 5.73 Å². The Kier molecular flexibility index (Phi) is 3.23. The van der Waals surface area contributed by atoms with Crippen LogP contribution in [0.15, 0.2) is 18.2 Å². The lowest BCUT2D eigenvalue weighted by atomic mass is 10.2. The van der Waals surface area contributed by atoms with Crippen molar-refractivity contribution in [2.24, 2.45) is 0 Å². The third kappa shape index (κ3) is 2.16. The first kappa shape index (κ1) is 12.4. The molecule has 0 spiro atoms. The molecule has 0 bridgehead atoms. The van der Waals surface area contributed by atoms with Gasteiger partial charge in [0.25, 0.3) is 0 Å². The van der Waals surface area contributed by atoms with Gasteiger partial charge in [0.05, 0.1) is 11.0 Å². The molecule has 0 saturated heterocycles. The number of hydrogen-bond donors (Lipinski definition) is 2. The first-order valence-electron chi connectivity index (χ1n) is 5.99. The minimum Gasteiger partial charge on any atom is -0.399 e. The van der Waals surface area contributed by atoms with Gasteiger partial charge in [-0.05, 0) is 18.2 Å². The summed E-state index contributed by atoms with van der Waals surface area (Å²) in [7, 11) is 1.63. The van der Waals surface area contributed by atoms with E-state index in [1.165, 1.54) is 0 Å². The fourth-order valence-corrected chi connectivity index (χ4v) is 2.00. The summed E-state index contributed by atoms with van der Waals surface area (Å²) >= 11 is 0. The largest absolute Gasteiger partial charge is 0.399 e. The Balaban J connectivity index is 2.59. The molecule has 0 radical (unpaired) electrons. The molecular weight excluding hydrogens is 228 g/mol. The van der Waals surface area contributed by atoms with Crippen molar-refractivity contribution in [1.29, 1.82) is 0 Å².